The van der Waals surface area contributed by atoms with Crippen molar-refractivity contribution >= 4 is 5.97 Å². The number of hydrogen-bond acceptors (Lipinski definition) is 3. The van der Waals surface area contributed by atoms with Crippen molar-refractivity contribution in [3.63, 3.8) is 0 Å². The second kappa shape index (κ2) is 7.28. The molecule has 0 bridgehead atoms. The van der Waals surface area contributed by atoms with Crippen molar-refractivity contribution in [1.82, 2.24) is 0 Å². The van der Waals surface area contributed by atoms with E-state index >= 15 is 0 Å². The summed E-state index contributed by atoms with van der Waals surface area (Å²) in [4.78, 5) is 19.2. The average Bonchev–Trinajstić information content (AvgIpc) is 2.04. The maximum absolute atomic E-state index is 10.4. The normalized spacial score (nSPS) is 9.18. The highest BCUT2D eigenvalue weighted by molar-refractivity contribution is 5.80. The summed E-state index contributed by atoms with van der Waals surface area (Å²) >= 11 is 0. The van der Waals surface area contributed by atoms with Gasteiger partial charge in [0.2, 0.25) is 0 Å². The molecule has 0 aromatic rings. The van der Waals surface area contributed by atoms with Gasteiger partial charge in [0, 0.05) is 6.08 Å². The molecular formula is C8H14O3. The molecule has 0 radical (unpaired) electrons. The van der Waals surface area contributed by atoms with Crippen molar-refractivity contribution in [1.29, 1.82) is 0 Å². The largest absolute Gasteiger partial charge is 0.365 e. The third kappa shape index (κ3) is 7.06. The van der Waals surface area contributed by atoms with Gasteiger partial charge >= 0.3 is 5.97 Å². The van der Waals surface area contributed by atoms with E-state index in [9.17, 15) is 4.79 Å². The first kappa shape index (κ1) is 10.2. The van der Waals surface area contributed by atoms with Gasteiger partial charge in [-0.3, -0.25) is 4.89 Å². The van der Waals surface area contributed by atoms with Gasteiger partial charge in [0.25, 0.3) is 0 Å². The zero-order chi connectivity index (χ0) is 8.53. The molecule has 11 heavy (non-hydrogen) atoms. The zero-order valence-corrected chi connectivity index (χ0v) is 6.84. The smallest absolute Gasteiger partial charge is 0.294 e. The second-order valence-electron chi connectivity index (χ2n) is 2.14. The Labute approximate surface area is 66.9 Å². The van der Waals surface area contributed by atoms with E-state index in [1.54, 1.807) is 0 Å². The van der Waals surface area contributed by atoms with Crippen molar-refractivity contribution < 1.29 is 14.6 Å². The molecule has 0 unspecified atom stereocenters. The van der Waals surface area contributed by atoms with Gasteiger partial charge in [-0.05, 0) is 6.42 Å². The van der Waals surface area contributed by atoms with E-state index < -0.39 is 5.97 Å². The third-order valence-corrected chi connectivity index (χ3v) is 1.14. The van der Waals surface area contributed by atoms with Crippen LogP contribution in [-0.2, 0) is 14.6 Å². The molecule has 0 fully saturated rings. The van der Waals surface area contributed by atoms with E-state index in [0.29, 0.717) is 6.61 Å². The highest BCUT2D eigenvalue weighted by atomic mass is 17.2. The summed E-state index contributed by atoms with van der Waals surface area (Å²) in [6, 6.07) is 0. The maximum Gasteiger partial charge on any atom is 0.365 e. The minimum Gasteiger partial charge on any atom is -0.294 e. The molecule has 0 aromatic carbocycles. The van der Waals surface area contributed by atoms with Crippen LogP contribution in [0.4, 0.5) is 0 Å². The van der Waals surface area contributed by atoms with Gasteiger partial charge in [-0.15, -0.1) is 0 Å². The fourth-order valence-electron chi connectivity index (χ4n) is 0.545. The second-order valence-corrected chi connectivity index (χ2v) is 2.14. The quantitative estimate of drug-likeness (QED) is 0.256. The van der Waals surface area contributed by atoms with Crippen molar-refractivity contribution in [3.05, 3.63) is 12.7 Å². The third-order valence-electron chi connectivity index (χ3n) is 1.14. The number of unbranched alkanes of at least 4 members (excludes halogenated alkanes) is 2. The van der Waals surface area contributed by atoms with E-state index in [0.717, 1.165) is 25.3 Å². The topological polar surface area (TPSA) is 35.5 Å². The Morgan fingerprint density at radius 2 is 2.27 bits per heavy atom. The first-order valence-electron chi connectivity index (χ1n) is 3.77. The Morgan fingerprint density at radius 3 is 2.82 bits per heavy atom. The summed E-state index contributed by atoms with van der Waals surface area (Å²) in [6.07, 6.45) is 4.20. The van der Waals surface area contributed by atoms with E-state index in [2.05, 4.69) is 23.3 Å². The highest BCUT2D eigenvalue weighted by Gasteiger charge is 1.94. The maximum atomic E-state index is 10.4. The monoisotopic (exact) mass is 158 g/mol. The minimum absolute atomic E-state index is 0.466. The van der Waals surface area contributed by atoms with Crippen LogP contribution in [0.25, 0.3) is 0 Å². The van der Waals surface area contributed by atoms with E-state index in [-0.39, 0.29) is 0 Å². The highest BCUT2D eigenvalue weighted by Crippen LogP contribution is 1.94. The molecule has 0 spiro atoms. The molecule has 3 heteroatoms. The standard InChI is InChI=1S/C8H14O3/c1-3-5-6-7-10-11-8(9)4-2/h4H,2-3,5-7H2,1H3. The van der Waals surface area contributed by atoms with Crippen LogP contribution in [0.1, 0.15) is 26.2 Å². The molecule has 0 amide bonds. The molecule has 0 aliphatic carbocycles. The predicted molar refractivity (Wildman–Crippen MR) is 41.8 cm³/mol. The summed E-state index contributed by atoms with van der Waals surface area (Å²) in [5.74, 6) is -0.540. The molecular weight excluding hydrogens is 144 g/mol. The summed E-state index contributed by atoms with van der Waals surface area (Å²) in [6.45, 7) is 5.78. The molecule has 0 N–H and O–H groups in total. The Hall–Kier alpha value is -0.830. The van der Waals surface area contributed by atoms with Gasteiger partial charge in [0.15, 0.2) is 0 Å². The molecule has 0 saturated carbocycles. The lowest BCUT2D eigenvalue weighted by molar-refractivity contribution is -0.267. The van der Waals surface area contributed by atoms with Crippen LogP contribution in [-0.4, -0.2) is 12.6 Å². The van der Waals surface area contributed by atoms with Crippen LogP contribution < -0.4 is 0 Å². The Balaban J connectivity index is 3.01. The molecule has 0 aliphatic heterocycles. The molecule has 0 rings (SSSR count). The molecule has 0 heterocycles. The van der Waals surface area contributed by atoms with Crippen LogP contribution in [0.3, 0.4) is 0 Å². The predicted octanol–water partition coefficient (Wildman–Crippen LogP) is 1.84. The summed E-state index contributed by atoms with van der Waals surface area (Å²) in [7, 11) is 0. The lowest BCUT2D eigenvalue weighted by Gasteiger charge is -1.99. The van der Waals surface area contributed by atoms with Crippen LogP contribution in [0.2, 0.25) is 0 Å². The Bertz CT molecular complexity index is 121. The number of rotatable bonds is 6. The lowest BCUT2D eigenvalue weighted by atomic mass is 10.3. The average molecular weight is 158 g/mol. The first-order chi connectivity index (χ1) is 5.31. The number of carbonyl (C=O) groups excluding carboxylic acids is 1. The van der Waals surface area contributed by atoms with Gasteiger partial charge in [0.05, 0.1) is 6.61 Å². The molecule has 0 aromatic heterocycles. The fraction of sp³-hybridized carbons (Fsp3) is 0.625. The number of hydrogen-bond donors (Lipinski definition) is 0. The van der Waals surface area contributed by atoms with Gasteiger partial charge in [-0.2, -0.15) is 4.89 Å². The van der Waals surface area contributed by atoms with Crippen LogP contribution in [0.5, 0.6) is 0 Å². The lowest BCUT2D eigenvalue weighted by Crippen LogP contribution is -2.02. The molecule has 3 nitrogen and oxygen atoms in total. The van der Waals surface area contributed by atoms with Crippen LogP contribution >= 0.6 is 0 Å². The van der Waals surface area contributed by atoms with E-state index in [1.165, 1.54) is 0 Å². The minimum atomic E-state index is -0.540. The van der Waals surface area contributed by atoms with Gasteiger partial charge < -0.3 is 0 Å². The Kier molecular flexibility index (Phi) is 6.73. The van der Waals surface area contributed by atoms with Gasteiger partial charge in [-0.1, -0.05) is 26.3 Å². The van der Waals surface area contributed by atoms with E-state index in [4.69, 9.17) is 0 Å². The summed E-state index contributed by atoms with van der Waals surface area (Å²) < 4.78 is 0. The zero-order valence-electron chi connectivity index (χ0n) is 6.84. The SMILES string of the molecule is C=CC(=O)OOCCCCC. The van der Waals surface area contributed by atoms with Crippen LogP contribution in [0, 0.1) is 0 Å². The molecule has 0 atom stereocenters. The molecule has 0 saturated heterocycles. The van der Waals surface area contributed by atoms with Crippen molar-refractivity contribution in [2.45, 2.75) is 26.2 Å². The van der Waals surface area contributed by atoms with Crippen molar-refractivity contribution in [3.8, 4) is 0 Å². The van der Waals surface area contributed by atoms with Crippen LogP contribution in [0.15, 0.2) is 12.7 Å². The van der Waals surface area contributed by atoms with Crippen molar-refractivity contribution in [2.24, 2.45) is 0 Å². The summed E-state index contributed by atoms with van der Waals surface area (Å²) in [5.41, 5.74) is 0. The van der Waals surface area contributed by atoms with Crippen molar-refractivity contribution in [2.75, 3.05) is 6.61 Å². The molecule has 0 aliphatic rings. The fourth-order valence-corrected chi connectivity index (χ4v) is 0.545. The van der Waals surface area contributed by atoms with Gasteiger partial charge in [0.1, 0.15) is 0 Å². The van der Waals surface area contributed by atoms with E-state index in [1.807, 2.05) is 0 Å². The first-order valence-corrected chi connectivity index (χ1v) is 3.77. The number of carbonyl (C=O) groups is 1. The Morgan fingerprint density at radius 1 is 1.55 bits per heavy atom. The molecule has 64 valence electrons. The summed E-state index contributed by atoms with van der Waals surface area (Å²) in [5, 5.41) is 0. The van der Waals surface area contributed by atoms with Gasteiger partial charge in [-0.25, -0.2) is 4.79 Å².